The van der Waals surface area contributed by atoms with Crippen molar-refractivity contribution < 1.29 is 41.0 Å². The monoisotopic (exact) mass is 417 g/mol. The second kappa shape index (κ2) is 9.35. The van der Waals surface area contributed by atoms with Gasteiger partial charge in [0, 0.05) is 13.1 Å². The number of rotatable bonds is 6. The van der Waals surface area contributed by atoms with Crippen LogP contribution in [-0.4, -0.2) is 30.1 Å². The number of nitrogens with zero attached hydrogens (tertiary/aromatic N) is 1. The summed E-state index contributed by atoms with van der Waals surface area (Å²) >= 11 is 0. The fraction of sp³-hybridized carbons (Fsp3) is 0.263. The van der Waals surface area contributed by atoms with Gasteiger partial charge in [-0.25, -0.2) is 18.0 Å². The van der Waals surface area contributed by atoms with Crippen molar-refractivity contribution in [2.45, 2.75) is 26.0 Å². The van der Waals surface area contributed by atoms with Crippen molar-refractivity contribution in [3.8, 4) is 5.75 Å². The minimum absolute atomic E-state index is 0.0221. The number of carbonyl (C=O) groups is 2. The third-order valence-corrected chi connectivity index (χ3v) is 4.00. The first-order valence-corrected chi connectivity index (χ1v) is 8.29. The van der Waals surface area contributed by atoms with Gasteiger partial charge < -0.3 is 14.4 Å². The summed E-state index contributed by atoms with van der Waals surface area (Å²) in [4.78, 5) is 24.9. The third-order valence-electron chi connectivity index (χ3n) is 4.00. The molecule has 0 heterocycles. The molecule has 0 saturated carbocycles. The van der Waals surface area contributed by atoms with Gasteiger partial charge >= 0.3 is 12.1 Å². The third kappa shape index (κ3) is 5.21. The second-order valence-corrected chi connectivity index (χ2v) is 6.08. The number of amides is 1. The van der Waals surface area contributed by atoms with Crippen LogP contribution in [0.5, 0.6) is 5.75 Å². The van der Waals surface area contributed by atoms with E-state index >= 15 is 0 Å². The highest BCUT2D eigenvalue weighted by molar-refractivity contribution is 5.74. The van der Waals surface area contributed by atoms with Gasteiger partial charge in [0.1, 0.15) is 6.61 Å². The standard InChI is InChI=1S/C19H16F5NO4/c1-10(25(2)19(27)28-9-11-6-4-3-5-7-11)8-12(26)29-18-16(23)14(21)13(20)15(22)17(18)24/h3-7,10H,8-9H2,1-2H3/t10-/m0/s1. The molecule has 1 atom stereocenters. The zero-order valence-electron chi connectivity index (χ0n) is 15.3. The molecule has 5 nitrogen and oxygen atoms in total. The molecule has 0 spiro atoms. The zero-order chi connectivity index (χ0) is 21.7. The van der Waals surface area contributed by atoms with Gasteiger partial charge in [0.05, 0.1) is 6.42 Å². The van der Waals surface area contributed by atoms with E-state index in [9.17, 15) is 31.5 Å². The lowest BCUT2D eigenvalue weighted by Gasteiger charge is -2.23. The maximum Gasteiger partial charge on any atom is 0.410 e. The van der Waals surface area contributed by atoms with Crippen molar-refractivity contribution in [1.29, 1.82) is 0 Å². The number of hydrogen-bond acceptors (Lipinski definition) is 4. The van der Waals surface area contributed by atoms with Crippen LogP contribution in [0.3, 0.4) is 0 Å². The summed E-state index contributed by atoms with van der Waals surface area (Å²) in [6, 6.07) is 7.91. The topological polar surface area (TPSA) is 55.8 Å². The van der Waals surface area contributed by atoms with E-state index < -0.39 is 59.4 Å². The molecule has 0 aliphatic heterocycles. The van der Waals surface area contributed by atoms with E-state index in [1.165, 1.54) is 14.0 Å². The molecule has 0 fully saturated rings. The smallest absolute Gasteiger partial charge is 0.410 e. The van der Waals surface area contributed by atoms with Crippen molar-refractivity contribution in [2.75, 3.05) is 7.05 Å². The summed E-state index contributed by atoms with van der Waals surface area (Å²) in [5.74, 6) is -14.4. The fourth-order valence-corrected chi connectivity index (χ4v) is 2.21. The Kier molecular flexibility index (Phi) is 7.13. The Labute approximate surface area is 162 Å². The minimum atomic E-state index is -2.37. The van der Waals surface area contributed by atoms with Gasteiger partial charge in [-0.2, -0.15) is 8.78 Å². The molecule has 0 N–H and O–H groups in total. The molecular formula is C19H16F5NO4. The Morgan fingerprint density at radius 2 is 1.45 bits per heavy atom. The fourth-order valence-electron chi connectivity index (χ4n) is 2.21. The average molecular weight is 417 g/mol. The average Bonchev–Trinajstić information content (AvgIpc) is 2.72. The molecule has 0 unspecified atom stereocenters. The predicted octanol–water partition coefficient (Wildman–Crippen LogP) is 4.33. The summed E-state index contributed by atoms with van der Waals surface area (Å²) in [5.41, 5.74) is 0.729. The van der Waals surface area contributed by atoms with E-state index in [0.717, 1.165) is 10.5 Å². The van der Waals surface area contributed by atoms with Crippen LogP contribution in [0.15, 0.2) is 30.3 Å². The van der Waals surface area contributed by atoms with Gasteiger partial charge in [-0.05, 0) is 12.5 Å². The molecule has 1 amide bonds. The van der Waals surface area contributed by atoms with Gasteiger partial charge in [0.15, 0.2) is 0 Å². The molecule has 2 aromatic carbocycles. The maximum absolute atomic E-state index is 13.6. The molecule has 0 radical (unpaired) electrons. The number of ether oxygens (including phenoxy) is 2. The molecule has 0 aromatic heterocycles. The molecule has 156 valence electrons. The van der Waals surface area contributed by atoms with E-state index in [1.807, 2.05) is 0 Å². The molecular weight excluding hydrogens is 401 g/mol. The summed E-state index contributed by atoms with van der Waals surface area (Å²) in [6.45, 7) is 1.38. The lowest BCUT2D eigenvalue weighted by molar-refractivity contribution is -0.135. The van der Waals surface area contributed by atoms with Gasteiger partial charge in [0.25, 0.3) is 0 Å². The highest BCUT2D eigenvalue weighted by Crippen LogP contribution is 2.29. The molecule has 0 aliphatic rings. The highest BCUT2D eigenvalue weighted by Gasteiger charge is 2.29. The number of carbonyl (C=O) groups excluding carboxylic acids is 2. The van der Waals surface area contributed by atoms with Crippen LogP contribution >= 0.6 is 0 Å². The molecule has 0 saturated heterocycles. The minimum Gasteiger partial charge on any atom is -0.445 e. The van der Waals surface area contributed by atoms with Crippen LogP contribution in [-0.2, 0) is 16.1 Å². The highest BCUT2D eigenvalue weighted by atomic mass is 19.2. The van der Waals surface area contributed by atoms with E-state index in [0.29, 0.717) is 0 Å². The zero-order valence-corrected chi connectivity index (χ0v) is 15.3. The molecule has 2 aromatic rings. The van der Waals surface area contributed by atoms with Gasteiger partial charge in [-0.1, -0.05) is 30.3 Å². The first kappa shape index (κ1) is 22.1. The maximum atomic E-state index is 13.6. The van der Waals surface area contributed by atoms with E-state index in [-0.39, 0.29) is 6.61 Å². The molecule has 0 aliphatic carbocycles. The van der Waals surface area contributed by atoms with Crippen molar-refractivity contribution in [3.63, 3.8) is 0 Å². The molecule has 2 rings (SSSR count). The normalized spacial score (nSPS) is 11.7. The Hall–Kier alpha value is -3.17. The van der Waals surface area contributed by atoms with Gasteiger partial charge in [-0.3, -0.25) is 4.79 Å². The summed E-state index contributed by atoms with van der Waals surface area (Å²) in [6.07, 6.45) is -1.37. The van der Waals surface area contributed by atoms with Crippen molar-refractivity contribution in [1.82, 2.24) is 4.90 Å². The quantitative estimate of drug-likeness (QED) is 0.231. The summed E-state index contributed by atoms with van der Waals surface area (Å²) in [5, 5.41) is 0. The largest absolute Gasteiger partial charge is 0.445 e. The van der Waals surface area contributed by atoms with Crippen molar-refractivity contribution in [3.05, 3.63) is 65.0 Å². The van der Waals surface area contributed by atoms with Crippen molar-refractivity contribution in [2.24, 2.45) is 0 Å². The van der Waals surface area contributed by atoms with Crippen LogP contribution < -0.4 is 4.74 Å². The Bertz CT molecular complexity index is 878. The Morgan fingerprint density at radius 3 is 2.00 bits per heavy atom. The van der Waals surface area contributed by atoms with Crippen LogP contribution in [0.2, 0.25) is 0 Å². The number of halogens is 5. The van der Waals surface area contributed by atoms with Crippen LogP contribution in [0.4, 0.5) is 26.7 Å². The lowest BCUT2D eigenvalue weighted by Crippen LogP contribution is -2.37. The number of benzene rings is 2. The summed E-state index contributed by atoms with van der Waals surface area (Å²) < 4.78 is 75.8. The van der Waals surface area contributed by atoms with Gasteiger partial charge in [0.2, 0.25) is 34.8 Å². The SMILES string of the molecule is C[C@@H](CC(=O)Oc1c(F)c(F)c(F)c(F)c1F)N(C)C(=O)OCc1ccccc1. The number of hydrogen-bond donors (Lipinski definition) is 0. The van der Waals surface area contributed by atoms with E-state index in [4.69, 9.17) is 4.74 Å². The lowest BCUT2D eigenvalue weighted by atomic mass is 10.2. The predicted molar refractivity (Wildman–Crippen MR) is 90.3 cm³/mol. The Morgan fingerprint density at radius 1 is 0.931 bits per heavy atom. The van der Waals surface area contributed by atoms with Crippen LogP contribution in [0.1, 0.15) is 18.9 Å². The van der Waals surface area contributed by atoms with Crippen LogP contribution in [0.25, 0.3) is 0 Å². The van der Waals surface area contributed by atoms with Crippen LogP contribution in [0, 0.1) is 29.1 Å². The van der Waals surface area contributed by atoms with E-state index in [2.05, 4.69) is 4.74 Å². The second-order valence-electron chi connectivity index (χ2n) is 6.08. The molecule has 0 bridgehead atoms. The first-order valence-electron chi connectivity index (χ1n) is 8.29. The number of esters is 1. The van der Waals surface area contributed by atoms with Crippen molar-refractivity contribution >= 4 is 12.1 Å². The Balaban J connectivity index is 1.97. The first-order chi connectivity index (χ1) is 13.6. The molecule has 10 heteroatoms. The molecule has 29 heavy (non-hydrogen) atoms. The van der Waals surface area contributed by atoms with E-state index in [1.54, 1.807) is 30.3 Å². The van der Waals surface area contributed by atoms with Gasteiger partial charge in [-0.15, -0.1) is 0 Å². The summed E-state index contributed by atoms with van der Waals surface area (Å²) in [7, 11) is 1.31.